The van der Waals surface area contributed by atoms with E-state index in [1.807, 2.05) is 13.8 Å². The lowest BCUT2D eigenvalue weighted by Gasteiger charge is -2.34. The number of carbonyl (C=O) groups excluding carboxylic acids is 1. The summed E-state index contributed by atoms with van der Waals surface area (Å²) in [4.78, 5) is 15.0. The van der Waals surface area contributed by atoms with Crippen molar-refractivity contribution in [1.82, 2.24) is 20.4 Å². The summed E-state index contributed by atoms with van der Waals surface area (Å²) >= 11 is 0. The normalized spacial score (nSPS) is 31.5. The summed E-state index contributed by atoms with van der Waals surface area (Å²) in [5, 5.41) is 17.2. The van der Waals surface area contributed by atoms with Gasteiger partial charge in [0.15, 0.2) is 5.79 Å². The maximum atomic E-state index is 11.0. The number of nitrogens with one attached hydrogen (secondary N) is 2. The van der Waals surface area contributed by atoms with Crippen molar-refractivity contribution in [2.24, 2.45) is 0 Å². The predicted octanol–water partition coefficient (Wildman–Crippen LogP) is -1.55. The number of ether oxygens (including phenoxy) is 2. The quantitative estimate of drug-likeness (QED) is 0.523. The van der Waals surface area contributed by atoms with Crippen molar-refractivity contribution in [3.8, 4) is 0 Å². The molecule has 0 aliphatic carbocycles. The van der Waals surface area contributed by atoms with Gasteiger partial charge in [-0.25, -0.2) is 0 Å². The van der Waals surface area contributed by atoms with E-state index in [1.54, 1.807) is 4.90 Å². The van der Waals surface area contributed by atoms with Gasteiger partial charge in [0.25, 0.3) is 0 Å². The van der Waals surface area contributed by atoms with Gasteiger partial charge in [-0.1, -0.05) is 0 Å². The monoisotopic (exact) mass is 344 g/mol. The number of amides is 1. The molecule has 0 spiro atoms. The Kier molecular flexibility index (Phi) is 7.86. The van der Waals surface area contributed by atoms with Gasteiger partial charge in [0, 0.05) is 52.4 Å². The highest BCUT2D eigenvalue weighted by Crippen LogP contribution is 2.20. The van der Waals surface area contributed by atoms with Crippen LogP contribution < -0.4 is 10.6 Å². The predicted molar refractivity (Wildman–Crippen MR) is 90.7 cm³/mol. The number of hydrogen-bond donors (Lipinski definition) is 3. The fraction of sp³-hybridized carbons (Fsp3) is 0.938. The molecule has 140 valence electrons. The van der Waals surface area contributed by atoms with E-state index in [4.69, 9.17) is 9.47 Å². The second-order valence-electron chi connectivity index (χ2n) is 6.83. The molecule has 2 fully saturated rings. The minimum atomic E-state index is -0.656. The molecule has 0 aromatic heterocycles. The first-order chi connectivity index (χ1) is 11.5. The number of carbonyl (C=O) groups is 1. The minimum Gasteiger partial charge on any atom is -0.389 e. The van der Waals surface area contributed by atoms with Crippen molar-refractivity contribution < 1.29 is 19.4 Å². The van der Waals surface area contributed by atoms with Gasteiger partial charge in [0.05, 0.1) is 25.4 Å². The van der Waals surface area contributed by atoms with Crippen LogP contribution in [0.25, 0.3) is 0 Å². The summed E-state index contributed by atoms with van der Waals surface area (Å²) in [6.07, 6.45) is 0.341. The molecular formula is C16H32N4O4. The van der Waals surface area contributed by atoms with Crippen LogP contribution in [0.1, 0.15) is 13.8 Å². The molecule has 8 nitrogen and oxygen atoms in total. The van der Waals surface area contributed by atoms with Crippen molar-refractivity contribution in [3.05, 3.63) is 0 Å². The molecule has 2 atom stereocenters. The Morgan fingerprint density at radius 2 is 1.54 bits per heavy atom. The number of hydrogen-bond acceptors (Lipinski definition) is 7. The number of rotatable bonds is 2. The topological polar surface area (TPSA) is 86.3 Å². The summed E-state index contributed by atoms with van der Waals surface area (Å²) < 4.78 is 11.4. The van der Waals surface area contributed by atoms with Gasteiger partial charge in [-0.3, -0.25) is 9.69 Å². The average molecular weight is 344 g/mol. The van der Waals surface area contributed by atoms with Crippen LogP contribution in [0.2, 0.25) is 0 Å². The van der Waals surface area contributed by atoms with Gasteiger partial charge in [0.1, 0.15) is 0 Å². The summed E-state index contributed by atoms with van der Waals surface area (Å²) in [7, 11) is 0. The summed E-state index contributed by atoms with van der Waals surface area (Å²) in [6, 6.07) is -0.0789. The van der Waals surface area contributed by atoms with Gasteiger partial charge in [-0.15, -0.1) is 0 Å². The van der Waals surface area contributed by atoms with Gasteiger partial charge < -0.3 is 30.1 Å². The molecule has 0 aromatic rings. The molecule has 1 amide bonds. The maximum absolute atomic E-state index is 11.0. The van der Waals surface area contributed by atoms with Crippen LogP contribution in [0.5, 0.6) is 0 Å². The zero-order chi connectivity index (χ0) is 17.4. The molecule has 0 aromatic carbocycles. The number of nitrogens with zero attached hydrogens (tertiary/aromatic N) is 2. The lowest BCUT2D eigenvalue weighted by atomic mass is 10.1. The molecule has 2 saturated heterocycles. The highest BCUT2D eigenvalue weighted by atomic mass is 16.7. The number of aliphatic hydroxyl groups excluding tert-OH is 1. The lowest BCUT2D eigenvalue weighted by Crippen LogP contribution is -2.52. The molecule has 0 radical (unpaired) electrons. The van der Waals surface area contributed by atoms with Crippen molar-refractivity contribution in [2.45, 2.75) is 31.8 Å². The first-order valence-corrected chi connectivity index (χ1v) is 8.82. The van der Waals surface area contributed by atoms with Crippen LogP contribution in [0.15, 0.2) is 0 Å². The fourth-order valence-corrected chi connectivity index (χ4v) is 2.99. The molecular weight excluding hydrogens is 312 g/mol. The molecule has 2 aliphatic rings. The molecule has 2 aliphatic heterocycles. The SMILES string of the molecule is CC1(C)OC[C@@H](O)[C@H](N2CCNCCN(C=O)CCNCC2)CO1. The van der Waals surface area contributed by atoms with Crippen molar-refractivity contribution in [3.63, 3.8) is 0 Å². The smallest absolute Gasteiger partial charge is 0.209 e. The van der Waals surface area contributed by atoms with Gasteiger partial charge in [-0.2, -0.15) is 0 Å². The largest absolute Gasteiger partial charge is 0.389 e. The summed E-state index contributed by atoms with van der Waals surface area (Å²) in [6.45, 7) is 10.7. The zero-order valence-corrected chi connectivity index (χ0v) is 14.9. The molecule has 2 rings (SSSR count). The van der Waals surface area contributed by atoms with E-state index in [-0.39, 0.29) is 12.6 Å². The molecule has 0 saturated carbocycles. The van der Waals surface area contributed by atoms with Crippen LogP contribution in [-0.4, -0.2) is 105 Å². The van der Waals surface area contributed by atoms with Crippen LogP contribution in [0.3, 0.4) is 0 Å². The summed E-state index contributed by atoms with van der Waals surface area (Å²) in [5.41, 5.74) is 0. The first kappa shape index (κ1) is 19.6. The highest BCUT2D eigenvalue weighted by molar-refractivity contribution is 5.46. The van der Waals surface area contributed by atoms with Gasteiger partial charge >= 0.3 is 0 Å². The Morgan fingerprint density at radius 3 is 2.12 bits per heavy atom. The molecule has 8 heteroatoms. The van der Waals surface area contributed by atoms with Gasteiger partial charge in [-0.05, 0) is 13.8 Å². The maximum Gasteiger partial charge on any atom is 0.209 e. The second-order valence-corrected chi connectivity index (χ2v) is 6.83. The lowest BCUT2D eigenvalue weighted by molar-refractivity contribution is -0.204. The van der Waals surface area contributed by atoms with Crippen molar-refractivity contribution in [1.29, 1.82) is 0 Å². The third kappa shape index (κ3) is 6.27. The van der Waals surface area contributed by atoms with Crippen LogP contribution in [-0.2, 0) is 14.3 Å². The molecule has 0 bridgehead atoms. The van der Waals surface area contributed by atoms with E-state index in [2.05, 4.69) is 15.5 Å². The van der Waals surface area contributed by atoms with Crippen molar-refractivity contribution in [2.75, 3.05) is 65.6 Å². The fourth-order valence-electron chi connectivity index (χ4n) is 2.99. The summed E-state index contributed by atoms with van der Waals surface area (Å²) in [5.74, 6) is -0.656. The van der Waals surface area contributed by atoms with Gasteiger partial charge in [0.2, 0.25) is 6.41 Å². The highest BCUT2D eigenvalue weighted by Gasteiger charge is 2.34. The van der Waals surface area contributed by atoms with E-state index in [9.17, 15) is 9.90 Å². The molecule has 3 N–H and O–H groups in total. The van der Waals surface area contributed by atoms with Crippen molar-refractivity contribution >= 4 is 6.41 Å². The Bertz CT molecular complexity index is 369. The van der Waals surface area contributed by atoms with Crippen LogP contribution in [0.4, 0.5) is 0 Å². The molecule has 2 heterocycles. The first-order valence-electron chi connectivity index (χ1n) is 8.82. The molecule has 0 unspecified atom stereocenters. The molecule has 24 heavy (non-hydrogen) atoms. The Hall–Kier alpha value is -0.770. The van der Waals surface area contributed by atoms with E-state index in [1.165, 1.54) is 0 Å². The third-order valence-corrected chi connectivity index (χ3v) is 4.57. The van der Waals surface area contributed by atoms with E-state index in [0.29, 0.717) is 19.7 Å². The second kappa shape index (κ2) is 9.65. The minimum absolute atomic E-state index is 0.0789. The standard InChI is InChI=1S/C16H32N4O4/c1-16(2)23-11-14(15(22)12-24-16)20-9-5-17-3-7-19(13-21)8-4-18-6-10-20/h13-15,17-18,22H,3-12H2,1-2H3/t14-,15-/m1/s1. The Balaban J connectivity index is 1.91. The Morgan fingerprint density at radius 1 is 1.00 bits per heavy atom. The van der Waals surface area contributed by atoms with E-state index in [0.717, 1.165) is 45.7 Å². The van der Waals surface area contributed by atoms with E-state index < -0.39 is 11.9 Å². The number of aliphatic hydroxyl groups is 1. The Labute approximate surface area is 144 Å². The van der Waals surface area contributed by atoms with E-state index >= 15 is 0 Å². The third-order valence-electron chi connectivity index (χ3n) is 4.57. The van der Waals surface area contributed by atoms with Crippen LogP contribution in [0, 0.1) is 0 Å². The average Bonchev–Trinajstić information content (AvgIpc) is 2.67. The van der Waals surface area contributed by atoms with Crippen LogP contribution >= 0.6 is 0 Å². The zero-order valence-electron chi connectivity index (χ0n) is 14.9.